The highest BCUT2D eigenvalue weighted by Gasteiger charge is 2.08. The Balaban J connectivity index is 3.43. The van der Waals surface area contributed by atoms with Crippen LogP contribution >= 0.6 is 11.6 Å². The summed E-state index contributed by atoms with van der Waals surface area (Å²) < 4.78 is 0. The van der Waals surface area contributed by atoms with Crippen molar-refractivity contribution in [2.75, 3.05) is 0 Å². The van der Waals surface area contributed by atoms with E-state index < -0.39 is 0 Å². The van der Waals surface area contributed by atoms with Crippen LogP contribution in [0.25, 0.3) is 0 Å². The largest absolute Gasteiger partial charge is 0.0930 e. The van der Waals surface area contributed by atoms with Crippen molar-refractivity contribution in [2.24, 2.45) is 5.41 Å². The van der Waals surface area contributed by atoms with Crippen LogP contribution in [-0.4, -0.2) is 0 Å². The van der Waals surface area contributed by atoms with Gasteiger partial charge in [-0.2, -0.15) is 0 Å². The summed E-state index contributed by atoms with van der Waals surface area (Å²) in [4.78, 5) is 0. The first kappa shape index (κ1) is 11.0. The maximum Gasteiger partial charge on any atom is 0.00316 e. The Morgan fingerprint density at radius 1 is 1.36 bits per heavy atom. The zero-order valence-electron chi connectivity index (χ0n) is 8.08. The molecule has 0 atom stereocenters. The van der Waals surface area contributed by atoms with Crippen LogP contribution in [0.2, 0.25) is 0 Å². The van der Waals surface area contributed by atoms with E-state index in [1.165, 1.54) is 18.4 Å². The molecule has 0 heterocycles. The van der Waals surface area contributed by atoms with E-state index in [2.05, 4.69) is 27.7 Å². The number of allylic oxidation sites excluding steroid dienone is 1. The summed E-state index contributed by atoms with van der Waals surface area (Å²) in [5.74, 6) is 0. The van der Waals surface area contributed by atoms with Gasteiger partial charge in [0, 0.05) is 5.54 Å². The van der Waals surface area contributed by atoms with Crippen LogP contribution in [0.5, 0.6) is 0 Å². The summed E-state index contributed by atoms with van der Waals surface area (Å²) in [5, 5.41) is 0. The van der Waals surface area contributed by atoms with Gasteiger partial charge in [-0.3, -0.25) is 0 Å². The first-order chi connectivity index (χ1) is 4.95. The second-order valence-corrected chi connectivity index (χ2v) is 4.59. The molecule has 0 aromatic heterocycles. The van der Waals surface area contributed by atoms with Gasteiger partial charge in [0.15, 0.2) is 0 Å². The smallest absolute Gasteiger partial charge is 0.00316 e. The number of hydrogen-bond acceptors (Lipinski definition) is 0. The van der Waals surface area contributed by atoms with Crippen molar-refractivity contribution in [3.8, 4) is 0 Å². The van der Waals surface area contributed by atoms with E-state index in [1.54, 1.807) is 5.54 Å². The summed E-state index contributed by atoms with van der Waals surface area (Å²) in [6.07, 6.45) is 3.66. The van der Waals surface area contributed by atoms with Gasteiger partial charge in [0.05, 0.1) is 0 Å². The molecule has 0 saturated carbocycles. The Labute approximate surface area is 75.6 Å². The maximum absolute atomic E-state index is 5.54. The minimum atomic E-state index is 0.465. The fourth-order valence-electron chi connectivity index (χ4n) is 0.952. The molecule has 0 N–H and O–H groups in total. The lowest BCUT2D eigenvalue weighted by atomic mass is 9.89. The van der Waals surface area contributed by atoms with Crippen molar-refractivity contribution in [3.63, 3.8) is 0 Å². The third-order valence-corrected chi connectivity index (χ3v) is 2.06. The van der Waals surface area contributed by atoms with Crippen LogP contribution < -0.4 is 0 Å². The first-order valence-electron chi connectivity index (χ1n) is 4.21. The van der Waals surface area contributed by atoms with Gasteiger partial charge in [0.1, 0.15) is 0 Å². The lowest BCUT2D eigenvalue weighted by molar-refractivity contribution is 0.365. The minimum absolute atomic E-state index is 0.465. The van der Waals surface area contributed by atoms with Gasteiger partial charge in [0.25, 0.3) is 0 Å². The summed E-state index contributed by atoms with van der Waals surface area (Å²) in [5.41, 5.74) is 3.44. The molecule has 0 radical (unpaired) electrons. The molecule has 0 fully saturated rings. The lowest BCUT2D eigenvalue weighted by Crippen LogP contribution is -2.03. The Morgan fingerprint density at radius 2 is 1.91 bits per heavy atom. The molecule has 66 valence electrons. The van der Waals surface area contributed by atoms with Gasteiger partial charge >= 0.3 is 0 Å². The van der Waals surface area contributed by atoms with E-state index in [0.29, 0.717) is 5.41 Å². The molecule has 11 heavy (non-hydrogen) atoms. The van der Waals surface area contributed by atoms with Crippen LogP contribution in [0.3, 0.4) is 0 Å². The normalized spacial score (nSPS) is 13.7. The first-order valence-corrected chi connectivity index (χ1v) is 4.65. The molecule has 0 spiro atoms. The minimum Gasteiger partial charge on any atom is -0.0930 e. The fourth-order valence-corrected chi connectivity index (χ4v) is 1.06. The second-order valence-electron chi connectivity index (χ2n) is 4.37. The Kier molecular flexibility index (Phi) is 4.83. The quantitative estimate of drug-likeness (QED) is 0.597. The van der Waals surface area contributed by atoms with Crippen LogP contribution in [0.4, 0.5) is 0 Å². The average Bonchev–Trinajstić information content (AvgIpc) is 1.85. The number of hydrogen-bond donors (Lipinski definition) is 0. The zero-order chi connectivity index (χ0) is 8.91. The van der Waals surface area contributed by atoms with E-state index in [9.17, 15) is 0 Å². The van der Waals surface area contributed by atoms with Gasteiger partial charge < -0.3 is 0 Å². The highest BCUT2D eigenvalue weighted by molar-refractivity contribution is 6.25. The monoisotopic (exact) mass is 174 g/mol. The molecule has 0 nitrogen and oxygen atoms in total. The maximum atomic E-state index is 5.54. The van der Waals surface area contributed by atoms with Gasteiger partial charge in [0.2, 0.25) is 0 Å². The molecule has 0 rings (SSSR count). The molecule has 0 aliphatic carbocycles. The van der Waals surface area contributed by atoms with Gasteiger partial charge in [-0.1, -0.05) is 37.9 Å². The molecule has 0 aromatic rings. The fraction of sp³-hybridized carbons (Fsp3) is 0.800. The third kappa shape index (κ3) is 7.93. The van der Waals surface area contributed by atoms with Crippen molar-refractivity contribution >= 4 is 11.6 Å². The van der Waals surface area contributed by atoms with Gasteiger partial charge in [-0.05, 0) is 31.6 Å². The summed E-state index contributed by atoms with van der Waals surface area (Å²) in [7, 11) is 0. The molecule has 0 amide bonds. The van der Waals surface area contributed by atoms with Crippen molar-refractivity contribution in [1.29, 1.82) is 0 Å². The number of rotatable bonds is 3. The van der Waals surface area contributed by atoms with Crippen LogP contribution in [-0.2, 0) is 0 Å². The zero-order valence-corrected chi connectivity index (χ0v) is 8.83. The van der Waals surface area contributed by atoms with Gasteiger partial charge in [-0.15, -0.1) is 0 Å². The molecule has 0 saturated heterocycles. The van der Waals surface area contributed by atoms with Crippen LogP contribution in [0.15, 0.2) is 11.1 Å². The van der Waals surface area contributed by atoms with Crippen molar-refractivity contribution in [2.45, 2.75) is 47.0 Å². The predicted molar refractivity (Wildman–Crippen MR) is 52.9 cm³/mol. The van der Waals surface area contributed by atoms with E-state index in [1.807, 2.05) is 0 Å². The molecule has 0 aliphatic heterocycles. The van der Waals surface area contributed by atoms with Crippen LogP contribution in [0.1, 0.15) is 47.0 Å². The predicted octanol–water partition coefficient (Wildman–Crippen LogP) is 4.35. The van der Waals surface area contributed by atoms with Crippen molar-refractivity contribution in [3.05, 3.63) is 11.1 Å². The molecule has 0 unspecified atom stereocenters. The standard InChI is InChI=1S/C10H19Cl/c1-9(8-11)6-5-7-10(2,3)4/h8H,5-7H2,1-4H3. The second kappa shape index (κ2) is 4.82. The SMILES string of the molecule is CC(=CCl)CCCC(C)(C)C. The topological polar surface area (TPSA) is 0 Å². The highest BCUT2D eigenvalue weighted by Crippen LogP contribution is 2.22. The van der Waals surface area contributed by atoms with Crippen LogP contribution in [0, 0.1) is 5.41 Å². The third-order valence-electron chi connectivity index (χ3n) is 1.68. The lowest BCUT2D eigenvalue weighted by Gasteiger charge is -2.17. The molecular weight excluding hydrogens is 156 g/mol. The highest BCUT2D eigenvalue weighted by atomic mass is 35.5. The summed E-state index contributed by atoms with van der Waals surface area (Å²) in [6.45, 7) is 8.89. The van der Waals surface area contributed by atoms with E-state index in [4.69, 9.17) is 11.6 Å². The summed E-state index contributed by atoms with van der Waals surface area (Å²) in [6, 6.07) is 0. The van der Waals surface area contributed by atoms with Crippen molar-refractivity contribution in [1.82, 2.24) is 0 Å². The van der Waals surface area contributed by atoms with Gasteiger partial charge in [-0.25, -0.2) is 0 Å². The molecular formula is C10H19Cl. The Morgan fingerprint density at radius 3 is 2.27 bits per heavy atom. The molecule has 0 aromatic carbocycles. The number of halogens is 1. The molecule has 0 bridgehead atoms. The van der Waals surface area contributed by atoms with Crippen molar-refractivity contribution < 1.29 is 0 Å². The van der Waals surface area contributed by atoms with E-state index in [0.717, 1.165) is 6.42 Å². The summed E-state index contributed by atoms with van der Waals surface area (Å²) >= 11 is 5.54. The van der Waals surface area contributed by atoms with E-state index in [-0.39, 0.29) is 0 Å². The molecule has 0 aliphatic rings. The Bertz CT molecular complexity index is 128. The molecule has 1 heteroatoms. The van der Waals surface area contributed by atoms with E-state index >= 15 is 0 Å². The Hall–Kier alpha value is 0.0300. The average molecular weight is 175 g/mol.